The summed E-state index contributed by atoms with van der Waals surface area (Å²) >= 11 is 0. The smallest absolute Gasteiger partial charge is 0.407 e. The molecular weight excluding hydrogens is 470 g/mol. The van der Waals surface area contributed by atoms with Crippen LogP contribution in [-0.4, -0.2) is 64.6 Å². The van der Waals surface area contributed by atoms with Gasteiger partial charge in [0.25, 0.3) is 5.91 Å². The molecule has 1 fully saturated rings. The molecule has 0 radical (unpaired) electrons. The summed E-state index contributed by atoms with van der Waals surface area (Å²) in [5, 5.41) is 9.21. The molecule has 0 aliphatic carbocycles. The van der Waals surface area contributed by atoms with Gasteiger partial charge < -0.3 is 19.6 Å². The molecule has 1 atom stereocenters. The van der Waals surface area contributed by atoms with E-state index in [0.29, 0.717) is 48.7 Å². The molecule has 2 aromatic carbocycles. The van der Waals surface area contributed by atoms with Crippen LogP contribution in [0.3, 0.4) is 0 Å². The van der Waals surface area contributed by atoms with E-state index in [-0.39, 0.29) is 23.6 Å². The lowest BCUT2D eigenvalue weighted by molar-refractivity contribution is 0.0706. The molecule has 2 heterocycles. The van der Waals surface area contributed by atoms with Crippen LogP contribution in [-0.2, 0) is 6.54 Å². The molecular formula is C26H26F2N4O4. The van der Waals surface area contributed by atoms with E-state index < -0.39 is 11.9 Å². The number of pyridine rings is 1. The molecule has 36 heavy (non-hydrogen) atoms. The number of anilines is 1. The van der Waals surface area contributed by atoms with E-state index in [4.69, 9.17) is 4.74 Å². The van der Waals surface area contributed by atoms with E-state index in [1.54, 1.807) is 25.2 Å². The molecule has 1 aliphatic heterocycles. The van der Waals surface area contributed by atoms with Crippen molar-refractivity contribution in [3.8, 4) is 11.6 Å². The summed E-state index contributed by atoms with van der Waals surface area (Å²) in [6, 6.07) is 13.0. The number of nitrogens with zero attached hydrogens (tertiary/aromatic N) is 4. The number of halogens is 2. The average molecular weight is 497 g/mol. The predicted molar refractivity (Wildman–Crippen MR) is 129 cm³/mol. The van der Waals surface area contributed by atoms with Crippen molar-refractivity contribution in [1.29, 1.82) is 0 Å². The van der Waals surface area contributed by atoms with E-state index in [1.807, 2.05) is 11.8 Å². The summed E-state index contributed by atoms with van der Waals surface area (Å²) in [5.74, 6) is -0.538. The number of aromatic nitrogens is 1. The number of benzene rings is 2. The Morgan fingerprint density at radius 2 is 1.86 bits per heavy atom. The maximum absolute atomic E-state index is 14.9. The molecule has 1 aromatic heterocycles. The third kappa shape index (κ3) is 5.77. The van der Waals surface area contributed by atoms with Gasteiger partial charge in [0.2, 0.25) is 5.88 Å². The molecule has 4 rings (SSSR count). The fraction of sp³-hybridized carbons (Fsp3) is 0.269. The van der Waals surface area contributed by atoms with Gasteiger partial charge in [-0.1, -0.05) is 6.07 Å². The Bertz CT molecular complexity index is 1240. The summed E-state index contributed by atoms with van der Waals surface area (Å²) in [6.07, 6.45) is 0.413. The maximum atomic E-state index is 14.9. The van der Waals surface area contributed by atoms with Crippen LogP contribution in [0.15, 0.2) is 60.8 Å². The summed E-state index contributed by atoms with van der Waals surface area (Å²) in [5.41, 5.74) is 1.15. The van der Waals surface area contributed by atoms with Crippen molar-refractivity contribution in [2.75, 3.05) is 31.6 Å². The van der Waals surface area contributed by atoms with Gasteiger partial charge in [-0.15, -0.1) is 0 Å². The zero-order chi connectivity index (χ0) is 25.8. The molecule has 2 amide bonds. The molecule has 0 spiro atoms. The Labute approximate surface area is 207 Å². The number of amides is 2. The summed E-state index contributed by atoms with van der Waals surface area (Å²) in [4.78, 5) is 33.0. The zero-order valence-corrected chi connectivity index (χ0v) is 19.9. The first-order valence-electron chi connectivity index (χ1n) is 11.4. The van der Waals surface area contributed by atoms with Crippen LogP contribution in [0.1, 0.15) is 22.8 Å². The van der Waals surface area contributed by atoms with Crippen molar-refractivity contribution in [2.45, 2.75) is 19.5 Å². The molecule has 188 valence electrons. The maximum Gasteiger partial charge on any atom is 0.407 e. The van der Waals surface area contributed by atoms with Crippen LogP contribution in [0, 0.1) is 11.6 Å². The second kappa shape index (κ2) is 10.7. The number of hydrogen-bond acceptors (Lipinski definition) is 5. The van der Waals surface area contributed by atoms with Gasteiger partial charge in [0.1, 0.15) is 17.4 Å². The minimum Gasteiger partial charge on any atom is -0.465 e. The largest absolute Gasteiger partial charge is 0.465 e. The van der Waals surface area contributed by atoms with Gasteiger partial charge in [-0.05, 0) is 49.4 Å². The molecule has 0 unspecified atom stereocenters. The van der Waals surface area contributed by atoms with Gasteiger partial charge in [0.05, 0.1) is 5.56 Å². The third-order valence-electron chi connectivity index (χ3n) is 6.10. The Kier molecular flexibility index (Phi) is 7.44. The molecule has 1 aliphatic rings. The predicted octanol–water partition coefficient (Wildman–Crippen LogP) is 4.61. The van der Waals surface area contributed by atoms with Crippen molar-refractivity contribution in [1.82, 2.24) is 14.8 Å². The molecule has 0 saturated carbocycles. The summed E-state index contributed by atoms with van der Waals surface area (Å²) < 4.78 is 33.5. The molecule has 10 heteroatoms. The van der Waals surface area contributed by atoms with Gasteiger partial charge in [-0.25, -0.2) is 18.6 Å². The van der Waals surface area contributed by atoms with Crippen LogP contribution >= 0.6 is 0 Å². The van der Waals surface area contributed by atoms with Gasteiger partial charge in [-0.2, -0.15) is 0 Å². The quantitative estimate of drug-likeness (QED) is 0.536. The zero-order valence-electron chi connectivity index (χ0n) is 19.9. The van der Waals surface area contributed by atoms with Crippen molar-refractivity contribution in [2.24, 2.45) is 0 Å². The van der Waals surface area contributed by atoms with Crippen LogP contribution in [0.4, 0.5) is 19.3 Å². The lowest BCUT2D eigenvalue weighted by Crippen LogP contribution is -2.53. The van der Waals surface area contributed by atoms with Crippen molar-refractivity contribution < 1.29 is 28.2 Å². The van der Waals surface area contributed by atoms with Gasteiger partial charge >= 0.3 is 6.09 Å². The number of ether oxygens (including phenoxy) is 1. The fourth-order valence-corrected chi connectivity index (χ4v) is 4.08. The first-order valence-corrected chi connectivity index (χ1v) is 11.4. The third-order valence-corrected chi connectivity index (χ3v) is 6.10. The SMILES string of the molecule is C[C@H]1CN(Cc2ccc(N(C)C(=O)c3ccc(Oc4ccc(F)cc4)nc3)cc2F)CCN1C(=O)O. The number of carbonyl (C=O) groups is 2. The number of carbonyl (C=O) groups excluding carboxylic acids is 1. The standard InChI is InChI=1S/C26H26F2N4O4/c1-17-15-31(11-12-32(17)26(34)35)16-19-3-7-21(13-23(19)28)30(2)25(33)18-4-10-24(29-14-18)36-22-8-5-20(27)6-9-22/h3-10,13-14,17H,11-12,15-16H2,1-2H3,(H,34,35)/t17-/m0/s1. The lowest BCUT2D eigenvalue weighted by atomic mass is 10.1. The number of carboxylic acid groups (broad SMARTS) is 1. The number of rotatable bonds is 6. The van der Waals surface area contributed by atoms with Crippen LogP contribution in [0.2, 0.25) is 0 Å². The van der Waals surface area contributed by atoms with Crippen LogP contribution in [0.5, 0.6) is 11.6 Å². The summed E-state index contributed by atoms with van der Waals surface area (Å²) in [7, 11) is 1.55. The first kappa shape index (κ1) is 25.1. The minimum absolute atomic E-state index is 0.177. The first-order chi connectivity index (χ1) is 17.2. The Hall–Kier alpha value is -4.05. The Morgan fingerprint density at radius 1 is 1.11 bits per heavy atom. The van der Waals surface area contributed by atoms with Gasteiger partial charge in [0, 0.05) is 62.8 Å². The monoisotopic (exact) mass is 496 g/mol. The van der Waals surface area contributed by atoms with Crippen LogP contribution in [0.25, 0.3) is 0 Å². The van der Waals surface area contributed by atoms with Crippen LogP contribution < -0.4 is 9.64 Å². The van der Waals surface area contributed by atoms with E-state index in [2.05, 4.69) is 4.98 Å². The highest BCUT2D eigenvalue weighted by Gasteiger charge is 2.27. The normalized spacial score (nSPS) is 16.0. The van der Waals surface area contributed by atoms with E-state index in [0.717, 1.165) is 0 Å². The minimum atomic E-state index is -0.948. The van der Waals surface area contributed by atoms with Gasteiger partial charge in [-0.3, -0.25) is 9.69 Å². The molecule has 1 saturated heterocycles. The molecule has 3 aromatic rings. The van der Waals surface area contributed by atoms with Crippen molar-refractivity contribution in [3.63, 3.8) is 0 Å². The highest BCUT2D eigenvalue weighted by atomic mass is 19.1. The number of piperazine rings is 1. The van der Waals surface area contributed by atoms with E-state index in [1.165, 1.54) is 52.4 Å². The highest BCUT2D eigenvalue weighted by Crippen LogP contribution is 2.23. The Balaban J connectivity index is 1.38. The molecule has 8 nitrogen and oxygen atoms in total. The fourth-order valence-electron chi connectivity index (χ4n) is 4.08. The van der Waals surface area contributed by atoms with Crippen molar-refractivity contribution >= 4 is 17.7 Å². The molecule has 1 N–H and O–H groups in total. The lowest BCUT2D eigenvalue weighted by Gasteiger charge is -2.38. The number of hydrogen-bond donors (Lipinski definition) is 1. The summed E-state index contributed by atoms with van der Waals surface area (Å²) in [6.45, 7) is 3.58. The van der Waals surface area contributed by atoms with E-state index >= 15 is 0 Å². The Morgan fingerprint density at radius 3 is 2.47 bits per heavy atom. The topological polar surface area (TPSA) is 86.2 Å². The van der Waals surface area contributed by atoms with E-state index in [9.17, 15) is 23.5 Å². The highest BCUT2D eigenvalue weighted by molar-refractivity contribution is 6.05. The van der Waals surface area contributed by atoms with Gasteiger partial charge in [0.15, 0.2) is 0 Å². The van der Waals surface area contributed by atoms with Crippen molar-refractivity contribution in [3.05, 3.63) is 83.6 Å². The average Bonchev–Trinajstić information content (AvgIpc) is 2.86. The molecule has 0 bridgehead atoms. The second-order valence-electron chi connectivity index (χ2n) is 8.64. The second-order valence-corrected chi connectivity index (χ2v) is 8.64.